The molecule has 1 atom stereocenters. The standard InChI is InChI=1S/C18H28N4O.2ClH/c1-19-16-7-6-12-22(14-16)18(23)15-8-9-17(20-13-15)21-10-4-2-3-5-11-21;;/h8-9,13,16,19H,2-7,10-12,14H2,1H3;2*1H. The van der Waals surface area contributed by atoms with E-state index >= 15 is 0 Å². The molecule has 0 saturated carbocycles. The number of pyridine rings is 1. The summed E-state index contributed by atoms with van der Waals surface area (Å²) in [6.07, 6.45) is 9.07. The minimum absolute atomic E-state index is 0. The first-order valence-corrected chi connectivity index (χ1v) is 8.95. The zero-order valence-corrected chi connectivity index (χ0v) is 16.6. The molecule has 1 unspecified atom stereocenters. The van der Waals surface area contributed by atoms with E-state index in [4.69, 9.17) is 0 Å². The van der Waals surface area contributed by atoms with E-state index < -0.39 is 0 Å². The van der Waals surface area contributed by atoms with Gasteiger partial charge in [-0.05, 0) is 44.9 Å². The van der Waals surface area contributed by atoms with Gasteiger partial charge in [0, 0.05) is 38.4 Å². The number of carbonyl (C=O) groups excluding carboxylic acids is 1. The Labute approximate surface area is 163 Å². The van der Waals surface area contributed by atoms with Crippen LogP contribution in [-0.2, 0) is 0 Å². The van der Waals surface area contributed by atoms with Crippen LogP contribution in [0.4, 0.5) is 5.82 Å². The number of likely N-dealkylation sites (tertiary alicyclic amines) is 1. The molecular weight excluding hydrogens is 359 g/mol. The van der Waals surface area contributed by atoms with Gasteiger partial charge in [-0.25, -0.2) is 4.98 Å². The second-order valence-electron chi connectivity index (χ2n) is 6.69. The van der Waals surface area contributed by atoms with Gasteiger partial charge in [-0.15, -0.1) is 24.8 Å². The summed E-state index contributed by atoms with van der Waals surface area (Å²) >= 11 is 0. The molecule has 3 heterocycles. The van der Waals surface area contributed by atoms with Crippen molar-refractivity contribution >= 4 is 36.5 Å². The maximum Gasteiger partial charge on any atom is 0.255 e. The van der Waals surface area contributed by atoms with Crippen LogP contribution in [0.2, 0.25) is 0 Å². The molecule has 2 aliphatic heterocycles. The highest BCUT2D eigenvalue weighted by Crippen LogP contribution is 2.19. The Morgan fingerprint density at radius 1 is 1.08 bits per heavy atom. The smallest absolute Gasteiger partial charge is 0.255 e. The van der Waals surface area contributed by atoms with Gasteiger partial charge in [0.15, 0.2) is 0 Å². The zero-order valence-electron chi connectivity index (χ0n) is 14.9. The lowest BCUT2D eigenvalue weighted by atomic mass is 10.1. The number of amides is 1. The van der Waals surface area contributed by atoms with E-state index in [1.54, 1.807) is 6.20 Å². The first-order chi connectivity index (χ1) is 11.3. The molecule has 25 heavy (non-hydrogen) atoms. The molecule has 1 amide bonds. The van der Waals surface area contributed by atoms with E-state index in [2.05, 4.69) is 15.2 Å². The van der Waals surface area contributed by atoms with Gasteiger partial charge in [-0.1, -0.05) is 12.8 Å². The Kier molecular flexibility index (Phi) is 9.54. The average molecular weight is 389 g/mol. The van der Waals surface area contributed by atoms with Crippen molar-refractivity contribution in [1.29, 1.82) is 0 Å². The van der Waals surface area contributed by atoms with Crippen LogP contribution >= 0.6 is 24.8 Å². The maximum absolute atomic E-state index is 12.6. The van der Waals surface area contributed by atoms with E-state index in [0.29, 0.717) is 11.6 Å². The minimum atomic E-state index is 0. The zero-order chi connectivity index (χ0) is 16.1. The largest absolute Gasteiger partial charge is 0.357 e. The summed E-state index contributed by atoms with van der Waals surface area (Å²) in [7, 11) is 1.97. The Hall–Kier alpha value is -1.04. The van der Waals surface area contributed by atoms with Gasteiger partial charge in [0.25, 0.3) is 5.91 Å². The lowest BCUT2D eigenvalue weighted by Crippen LogP contribution is -2.47. The highest BCUT2D eigenvalue weighted by Gasteiger charge is 2.23. The molecule has 1 aromatic heterocycles. The van der Waals surface area contributed by atoms with Crippen molar-refractivity contribution in [2.75, 3.05) is 38.1 Å². The van der Waals surface area contributed by atoms with Crippen LogP contribution in [-0.4, -0.2) is 55.1 Å². The summed E-state index contributed by atoms with van der Waals surface area (Å²) in [4.78, 5) is 21.5. The van der Waals surface area contributed by atoms with Crippen molar-refractivity contribution in [1.82, 2.24) is 15.2 Å². The number of likely N-dealkylation sites (N-methyl/N-ethyl adjacent to an activating group) is 1. The van der Waals surface area contributed by atoms with Gasteiger partial charge in [0.05, 0.1) is 5.56 Å². The molecular formula is C18H30Cl2N4O. The van der Waals surface area contributed by atoms with Crippen molar-refractivity contribution in [3.8, 4) is 0 Å². The fourth-order valence-corrected chi connectivity index (χ4v) is 3.58. The molecule has 0 spiro atoms. The van der Waals surface area contributed by atoms with Gasteiger partial charge < -0.3 is 15.1 Å². The molecule has 2 aliphatic rings. The van der Waals surface area contributed by atoms with Crippen molar-refractivity contribution in [3.05, 3.63) is 23.9 Å². The molecule has 1 aromatic rings. The van der Waals surface area contributed by atoms with Crippen LogP contribution in [0.3, 0.4) is 0 Å². The molecule has 142 valence electrons. The number of halogens is 2. The topological polar surface area (TPSA) is 48.5 Å². The van der Waals surface area contributed by atoms with Gasteiger partial charge in [0.1, 0.15) is 5.82 Å². The number of hydrogen-bond acceptors (Lipinski definition) is 4. The van der Waals surface area contributed by atoms with Crippen LogP contribution < -0.4 is 10.2 Å². The third-order valence-electron chi connectivity index (χ3n) is 5.04. The Balaban J connectivity index is 0.00000156. The Bertz CT molecular complexity index is 518. The van der Waals surface area contributed by atoms with Crippen LogP contribution in [0, 0.1) is 0 Å². The van der Waals surface area contributed by atoms with Crippen molar-refractivity contribution < 1.29 is 4.79 Å². The maximum atomic E-state index is 12.6. The fourth-order valence-electron chi connectivity index (χ4n) is 3.58. The van der Waals surface area contributed by atoms with Crippen molar-refractivity contribution in [2.24, 2.45) is 0 Å². The number of nitrogens with zero attached hydrogens (tertiary/aromatic N) is 3. The predicted molar refractivity (Wildman–Crippen MR) is 107 cm³/mol. The Morgan fingerprint density at radius 2 is 1.80 bits per heavy atom. The SMILES string of the molecule is CNC1CCCN(C(=O)c2ccc(N3CCCCCC3)nc2)C1.Cl.Cl. The van der Waals surface area contributed by atoms with Crippen LogP contribution in [0.1, 0.15) is 48.9 Å². The summed E-state index contributed by atoms with van der Waals surface area (Å²) in [6.45, 7) is 3.81. The van der Waals surface area contributed by atoms with E-state index in [-0.39, 0.29) is 30.7 Å². The van der Waals surface area contributed by atoms with E-state index in [9.17, 15) is 4.79 Å². The number of piperidine rings is 1. The summed E-state index contributed by atoms with van der Waals surface area (Å²) in [6, 6.07) is 4.37. The van der Waals surface area contributed by atoms with Gasteiger partial charge in [0.2, 0.25) is 0 Å². The number of carbonyl (C=O) groups is 1. The van der Waals surface area contributed by atoms with Crippen LogP contribution in [0.25, 0.3) is 0 Å². The summed E-state index contributed by atoms with van der Waals surface area (Å²) in [5.41, 5.74) is 0.709. The second kappa shape index (κ2) is 10.8. The number of nitrogens with one attached hydrogen (secondary N) is 1. The fraction of sp³-hybridized carbons (Fsp3) is 0.667. The minimum Gasteiger partial charge on any atom is -0.357 e. The van der Waals surface area contributed by atoms with E-state index in [1.807, 2.05) is 24.1 Å². The molecule has 3 rings (SSSR count). The first-order valence-electron chi connectivity index (χ1n) is 8.95. The quantitative estimate of drug-likeness (QED) is 0.863. The molecule has 0 aliphatic carbocycles. The third kappa shape index (κ3) is 5.73. The molecule has 0 radical (unpaired) electrons. The molecule has 2 saturated heterocycles. The van der Waals surface area contributed by atoms with Crippen molar-refractivity contribution in [3.63, 3.8) is 0 Å². The molecule has 7 heteroatoms. The first kappa shape index (κ1) is 22.0. The number of hydrogen-bond donors (Lipinski definition) is 1. The molecule has 0 aromatic carbocycles. The van der Waals surface area contributed by atoms with Gasteiger partial charge in [-0.2, -0.15) is 0 Å². The van der Waals surface area contributed by atoms with Gasteiger partial charge in [-0.3, -0.25) is 4.79 Å². The summed E-state index contributed by atoms with van der Waals surface area (Å²) in [5.74, 6) is 1.12. The van der Waals surface area contributed by atoms with E-state index in [1.165, 1.54) is 25.7 Å². The number of rotatable bonds is 3. The van der Waals surface area contributed by atoms with Crippen LogP contribution in [0.5, 0.6) is 0 Å². The average Bonchev–Trinajstić information content (AvgIpc) is 2.91. The monoisotopic (exact) mass is 388 g/mol. The lowest BCUT2D eigenvalue weighted by molar-refractivity contribution is 0.0698. The molecule has 2 fully saturated rings. The normalized spacial score (nSPS) is 20.9. The third-order valence-corrected chi connectivity index (χ3v) is 5.04. The van der Waals surface area contributed by atoms with Crippen molar-refractivity contribution in [2.45, 2.75) is 44.6 Å². The highest BCUT2D eigenvalue weighted by molar-refractivity contribution is 5.94. The lowest BCUT2D eigenvalue weighted by Gasteiger charge is -2.32. The molecule has 1 N–H and O–H groups in total. The molecule has 5 nitrogen and oxygen atoms in total. The number of anilines is 1. The Morgan fingerprint density at radius 3 is 2.40 bits per heavy atom. The van der Waals surface area contributed by atoms with Crippen LogP contribution in [0.15, 0.2) is 18.3 Å². The number of aromatic nitrogens is 1. The van der Waals surface area contributed by atoms with Gasteiger partial charge >= 0.3 is 0 Å². The predicted octanol–water partition coefficient (Wildman–Crippen LogP) is 3.13. The highest BCUT2D eigenvalue weighted by atomic mass is 35.5. The summed E-state index contributed by atoms with van der Waals surface area (Å²) < 4.78 is 0. The second-order valence-corrected chi connectivity index (χ2v) is 6.69. The summed E-state index contributed by atoms with van der Waals surface area (Å²) in [5, 5.41) is 3.28. The van der Waals surface area contributed by atoms with E-state index in [0.717, 1.165) is 44.8 Å². The molecule has 0 bridgehead atoms.